The van der Waals surface area contributed by atoms with Gasteiger partial charge >= 0.3 is 0 Å². The summed E-state index contributed by atoms with van der Waals surface area (Å²) < 4.78 is 34.2. The summed E-state index contributed by atoms with van der Waals surface area (Å²) in [5.41, 5.74) is -3.05. The van der Waals surface area contributed by atoms with Gasteiger partial charge in [0.2, 0.25) is 0 Å². The van der Waals surface area contributed by atoms with E-state index in [9.17, 15) is 13.6 Å². The van der Waals surface area contributed by atoms with Crippen LogP contribution in [0, 0.1) is 11.6 Å². The van der Waals surface area contributed by atoms with Crippen LogP contribution in [-0.2, 0) is 7.05 Å². The van der Waals surface area contributed by atoms with Gasteiger partial charge in [-0.15, -0.1) is 0 Å². The molecule has 0 fully saturated rings. The van der Waals surface area contributed by atoms with Crippen LogP contribution in [0.3, 0.4) is 0 Å². The number of rotatable bonds is 3. The molecule has 6 nitrogen and oxygen atoms in total. The molecular weight excluding hydrogens is 330 g/mol. The molecule has 2 aromatic heterocycles. The molecule has 0 spiro atoms. The number of benzene rings is 1. The van der Waals surface area contributed by atoms with Crippen molar-refractivity contribution in [1.29, 1.82) is 0 Å². The Morgan fingerprint density at radius 1 is 1.16 bits per heavy atom. The summed E-state index contributed by atoms with van der Waals surface area (Å²) in [5.74, 6) is -1.62. The van der Waals surface area contributed by atoms with Crippen molar-refractivity contribution in [2.75, 3.05) is 0 Å². The lowest BCUT2D eigenvalue weighted by molar-refractivity contribution is 0.0122. The van der Waals surface area contributed by atoms with Gasteiger partial charge in [-0.25, -0.2) is 18.7 Å². The first-order valence-electron chi connectivity index (χ1n) is 6.95. The second-order valence-corrected chi connectivity index (χ2v) is 5.37. The molecule has 10 heteroatoms. The van der Waals surface area contributed by atoms with E-state index in [1.54, 1.807) is 0 Å². The average Bonchev–Trinajstić information content (AvgIpc) is 2.52. The topological polar surface area (TPSA) is 77.2 Å². The number of pyridine rings is 1. The normalized spacial score (nSPS) is 11.7. The van der Waals surface area contributed by atoms with E-state index >= 15 is 0 Å². The lowest BCUT2D eigenvalue weighted by Gasteiger charge is -2.20. The Morgan fingerprint density at radius 3 is 2.40 bits per heavy atom. The lowest BCUT2D eigenvalue weighted by Crippen LogP contribution is -2.36. The zero-order valence-corrected chi connectivity index (χ0v) is 12.9. The second-order valence-electron chi connectivity index (χ2n) is 5.37. The fraction of sp³-hybridized carbons (Fsp3) is 0.133. The van der Waals surface area contributed by atoms with E-state index in [4.69, 9.17) is 25.5 Å². The third-order valence-corrected chi connectivity index (χ3v) is 3.37. The van der Waals surface area contributed by atoms with E-state index in [0.29, 0.717) is 0 Å². The maximum atomic E-state index is 14.4. The highest BCUT2D eigenvalue weighted by Crippen LogP contribution is 2.26. The molecule has 2 heterocycles. The molecule has 3 rings (SSSR count). The molecule has 0 amide bonds. The number of aryl methyl sites for hydroxylation is 1. The quantitative estimate of drug-likeness (QED) is 0.559. The minimum atomic E-state index is -2.41. The number of ether oxygens (including phenoxy) is 1. The van der Waals surface area contributed by atoms with Gasteiger partial charge in [0.05, 0.1) is 23.3 Å². The van der Waals surface area contributed by atoms with E-state index in [0.717, 1.165) is 35.3 Å². The molecule has 0 unspecified atom stereocenters. The van der Waals surface area contributed by atoms with Crippen LogP contribution in [0.2, 0.25) is 0 Å². The summed E-state index contributed by atoms with van der Waals surface area (Å²) in [4.78, 5) is 19.7. The highest BCUT2D eigenvalue weighted by Gasteiger charge is 2.17. The van der Waals surface area contributed by atoms with Crippen molar-refractivity contribution in [2.45, 2.75) is 5.59 Å². The molecular formula is C15H9B2F2N3O3. The number of aromatic nitrogens is 3. The van der Waals surface area contributed by atoms with Gasteiger partial charge in [0.1, 0.15) is 17.2 Å². The zero-order chi connectivity index (χ0) is 18.4. The van der Waals surface area contributed by atoms with Gasteiger partial charge in [-0.05, 0) is 12.1 Å². The van der Waals surface area contributed by atoms with Gasteiger partial charge < -0.3 is 14.4 Å². The van der Waals surface area contributed by atoms with Gasteiger partial charge in [-0.1, -0.05) is 0 Å². The van der Waals surface area contributed by atoms with Crippen LogP contribution in [-0.4, -0.2) is 40.9 Å². The summed E-state index contributed by atoms with van der Waals surface area (Å²) in [6, 6.07) is 2.09. The number of nitrogens with zero attached hydrogens (tertiary/aromatic N) is 3. The number of hydrogen-bond acceptors (Lipinski definition) is 5. The SMILES string of the molecule is [B]C([B])(O)Oc1cnc(-c2cc3c(F)cn(C)c(=O)c3cc2F)nc1. The fourth-order valence-corrected chi connectivity index (χ4v) is 2.30. The number of fused-ring (bicyclic) bond motifs is 1. The molecule has 0 aliphatic heterocycles. The molecule has 0 saturated carbocycles. The van der Waals surface area contributed by atoms with Crippen molar-refractivity contribution >= 4 is 26.5 Å². The van der Waals surface area contributed by atoms with Crippen molar-refractivity contribution in [3.05, 3.63) is 52.7 Å². The van der Waals surface area contributed by atoms with Gasteiger partial charge in [-0.3, -0.25) is 4.79 Å². The maximum absolute atomic E-state index is 14.4. The van der Waals surface area contributed by atoms with Crippen molar-refractivity contribution in [1.82, 2.24) is 14.5 Å². The van der Waals surface area contributed by atoms with Crippen LogP contribution in [0.1, 0.15) is 0 Å². The van der Waals surface area contributed by atoms with Gasteiger partial charge in [0.15, 0.2) is 27.3 Å². The standard InChI is InChI=1S/C15H9B2F2N3O3/c1-22-6-12(19)8-2-10(11(18)3-9(8)14(22)23)13-20-4-7(5-21-13)25-15(16,17)24/h2-6,24H,1H3. The molecule has 3 aromatic rings. The van der Waals surface area contributed by atoms with Crippen LogP contribution < -0.4 is 10.3 Å². The minimum absolute atomic E-state index is 0.0540. The van der Waals surface area contributed by atoms with Crippen LogP contribution in [0.25, 0.3) is 22.2 Å². The first-order chi connectivity index (χ1) is 11.7. The summed E-state index contributed by atoms with van der Waals surface area (Å²) in [6.07, 6.45) is 3.22. The molecule has 4 radical (unpaired) electrons. The molecule has 0 saturated heterocycles. The third kappa shape index (κ3) is 3.39. The van der Waals surface area contributed by atoms with Gasteiger partial charge in [0.25, 0.3) is 5.56 Å². The molecule has 0 aliphatic carbocycles. The number of halogens is 2. The van der Waals surface area contributed by atoms with Crippen molar-refractivity contribution in [3.63, 3.8) is 0 Å². The lowest BCUT2D eigenvalue weighted by atomic mass is 9.77. The zero-order valence-electron chi connectivity index (χ0n) is 12.9. The van der Waals surface area contributed by atoms with E-state index < -0.39 is 22.8 Å². The van der Waals surface area contributed by atoms with Crippen molar-refractivity contribution in [3.8, 4) is 17.1 Å². The summed E-state index contributed by atoms with van der Waals surface area (Å²) in [7, 11) is 11.5. The predicted octanol–water partition coefficient (Wildman–Crippen LogP) is 0.593. The Labute approximate surface area is 142 Å². The van der Waals surface area contributed by atoms with E-state index in [-0.39, 0.29) is 27.9 Å². The first kappa shape index (κ1) is 17.1. The highest BCUT2D eigenvalue weighted by atomic mass is 19.1. The number of aliphatic hydroxyl groups is 1. The Bertz CT molecular complexity index is 1020. The minimum Gasteiger partial charge on any atom is -0.478 e. The molecule has 1 aromatic carbocycles. The van der Waals surface area contributed by atoms with Gasteiger partial charge in [0, 0.05) is 18.6 Å². The monoisotopic (exact) mass is 339 g/mol. The summed E-state index contributed by atoms with van der Waals surface area (Å²) >= 11 is 0. The Morgan fingerprint density at radius 2 is 1.80 bits per heavy atom. The van der Waals surface area contributed by atoms with E-state index in [1.165, 1.54) is 7.05 Å². The molecule has 1 N–H and O–H groups in total. The molecule has 122 valence electrons. The Hall–Kier alpha value is -2.74. The highest BCUT2D eigenvalue weighted by molar-refractivity contribution is 6.37. The molecule has 0 atom stereocenters. The van der Waals surface area contributed by atoms with E-state index in [2.05, 4.69) is 9.97 Å². The molecule has 0 aliphatic rings. The molecule has 25 heavy (non-hydrogen) atoms. The maximum Gasteiger partial charge on any atom is 0.258 e. The fourth-order valence-electron chi connectivity index (χ4n) is 2.30. The van der Waals surface area contributed by atoms with Crippen molar-refractivity contribution in [2.24, 2.45) is 7.05 Å². The van der Waals surface area contributed by atoms with Crippen LogP contribution in [0.5, 0.6) is 5.75 Å². The largest absolute Gasteiger partial charge is 0.478 e. The summed E-state index contributed by atoms with van der Waals surface area (Å²) in [5, 5.41) is 8.99. The third-order valence-electron chi connectivity index (χ3n) is 3.37. The predicted molar refractivity (Wildman–Crippen MR) is 87.2 cm³/mol. The van der Waals surface area contributed by atoms with Crippen LogP contribution in [0.4, 0.5) is 8.78 Å². The average molecular weight is 339 g/mol. The smallest absolute Gasteiger partial charge is 0.258 e. The van der Waals surface area contributed by atoms with Crippen molar-refractivity contribution < 1.29 is 18.6 Å². The second kappa shape index (κ2) is 5.96. The first-order valence-corrected chi connectivity index (χ1v) is 6.95. The Balaban J connectivity index is 2.10. The summed E-state index contributed by atoms with van der Waals surface area (Å²) in [6.45, 7) is 0. The van der Waals surface area contributed by atoms with E-state index in [1.807, 2.05) is 0 Å². The van der Waals surface area contributed by atoms with Gasteiger partial charge in [-0.2, -0.15) is 0 Å². The Kier molecular flexibility index (Phi) is 4.08. The van der Waals surface area contributed by atoms with Crippen LogP contribution >= 0.6 is 0 Å². The van der Waals surface area contributed by atoms with Crippen LogP contribution in [0.15, 0.2) is 35.5 Å². The molecule has 0 bridgehead atoms. The number of hydrogen-bond donors (Lipinski definition) is 1.